The van der Waals surface area contributed by atoms with E-state index >= 15 is 0 Å². The van der Waals surface area contributed by atoms with Crippen LogP contribution in [0.5, 0.6) is 5.75 Å². The number of esters is 6. The molecule has 1 aromatic carbocycles. The van der Waals surface area contributed by atoms with Gasteiger partial charge in [0.1, 0.15) is 42.9 Å². The van der Waals surface area contributed by atoms with Crippen molar-refractivity contribution in [2.24, 2.45) is 11.8 Å². The number of rotatable bonds is 12. The van der Waals surface area contributed by atoms with Crippen molar-refractivity contribution in [2.75, 3.05) is 26.9 Å². The van der Waals surface area contributed by atoms with Crippen molar-refractivity contribution in [3.05, 3.63) is 29.8 Å². The fraction of sp³-hybridized carbons (Fsp3) is 0.636. The summed E-state index contributed by atoms with van der Waals surface area (Å²) in [6.45, 7) is 5.18. The number of carbonyl (C=O) groups excluding carboxylic acids is 6. The summed E-state index contributed by atoms with van der Waals surface area (Å²) in [4.78, 5) is 73.7. The summed E-state index contributed by atoms with van der Waals surface area (Å²) in [6.07, 6.45) is -9.47. The Hall–Kier alpha value is -4.32. The third kappa shape index (κ3) is 8.01. The second-order valence-electron chi connectivity index (χ2n) is 12.3. The van der Waals surface area contributed by atoms with Gasteiger partial charge < -0.3 is 52.1 Å². The highest BCUT2D eigenvalue weighted by Crippen LogP contribution is 2.61. The Bertz CT molecular complexity index is 1460. The van der Waals surface area contributed by atoms with Gasteiger partial charge in [-0.15, -0.1) is 0 Å². The SMILES string of the molecule is COc1ccc(C(=O)O[C@H]2[C@@H]3CCO[C@@H](O[C@@H]4O[C@H](COC(C)=O)[C@@H](OC(C)=O)[C@H](OC(C)=O)[C@H]4OC(C)=O)[C@@H]3[C@@]3(COC(C)=O)O[C@@H]23)cc1. The van der Waals surface area contributed by atoms with Crippen molar-refractivity contribution >= 4 is 35.8 Å². The Morgan fingerprint density at radius 1 is 0.740 bits per heavy atom. The van der Waals surface area contributed by atoms with Gasteiger partial charge in [-0.3, -0.25) is 24.0 Å². The minimum absolute atomic E-state index is 0.129. The maximum atomic E-state index is 13.3. The number of ether oxygens (including phenoxy) is 11. The summed E-state index contributed by atoms with van der Waals surface area (Å²) < 4.78 is 62.9. The molecule has 0 bridgehead atoms. The summed E-state index contributed by atoms with van der Waals surface area (Å²) in [5, 5.41) is 0. The maximum Gasteiger partial charge on any atom is 0.338 e. The Morgan fingerprint density at radius 2 is 1.36 bits per heavy atom. The third-order valence-electron chi connectivity index (χ3n) is 8.83. The molecule has 17 heteroatoms. The largest absolute Gasteiger partial charge is 0.497 e. The molecule has 0 aromatic heterocycles. The number of hydrogen-bond acceptors (Lipinski definition) is 17. The molecule has 1 saturated carbocycles. The van der Waals surface area contributed by atoms with Crippen LogP contribution in [-0.4, -0.2) is 118 Å². The first-order chi connectivity index (χ1) is 23.7. The van der Waals surface area contributed by atoms with E-state index in [2.05, 4.69) is 0 Å². The van der Waals surface area contributed by atoms with Gasteiger partial charge in [-0.25, -0.2) is 4.79 Å². The predicted molar refractivity (Wildman–Crippen MR) is 161 cm³/mol. The molecule has 5 rings (SSSR count). The predicted octanol–water partition coefficient (Wildman–Crippen LogP) is 1.01. The van der Waals surface area contributed by atoms with Gasteiger partial charge in [-0.05, 0) is 30.7 Å². The lowest BCUT2D eigenvalue weighted by Gasteiger charge is -2.46. The smallest absolute Gasteiger partial charge is 0.338 e. The number of methoxy groups -OCH3 is 1. The van der Waals surface area contributed by atoms with Crippen LogP contribution in [0.2, 0.25) is 0 Å². The van der Waals surface area contributed by atoms with Crippen LogP contribution in [0.25, 0.3) is 0 Å². The van der Waals surface area contributed by atoms with E-state index in [4.69, 9.17) is 52.1 Å². The fourth-order valence-electron chi connectivity index (χ4n) is 6.86. The lowest BCUT2D eigenvalue weighted by Crippen LogP contribution is -2.64. The van der Waals surface area contributed by atoms with E-state index in [1.54, 1.807) is 24.3 Å². The number of epoxide rings is 1. The van der Waals surface area contributed by atoms with Gasteiger partial charge in [-0.2, -0.15) is 0 Å². The van der Waals surface area contributed by atoms with Crippen LogP contribution in [0.1, 0.15) is 51.4 Å². The van der Waals surface area contributed by atoms with Gasteiger partial charge in [0.05, 0.1) is 25.2 Å². The fourth-order valence-corrected chi connectivity index (χ4v) is 6.86. The van der Waals surface area contributed by atoms with Gasteiger partial charge in [0, 0.05) is 40.5 Å². The molecule has 1 aromatic rings. The molecule has 0 spiro atoms. The molecule has 0 unspecified atom stereocenters. The average Bonchev–Trinajstić information content (AvgIpc) is 3.72. The Balaban J connectivity index is 1.46. The standard InChI is InChI=1S/C33H40O17/c1-15(34)42-13-23-26(44-17(3)36)27(45-18(4)37)28(46-19(5)38)32(47-23)49-31-24-22(11-12-41-31)25(29-33(24,50-29)14-43-16(2)35)48-30(39)20-7-9-21(40-6)10-8-20/h7-10,22-29,31-32H,11-14H2,1-6H3/t22-,23-,24-,25+,26-,27+,28-,29+,31+,32+,33-/m1/s1. The highest BCUT2D eigenvalue weighted by Gasteiger charge is 2.78. The second-order valence-corrected chi connectivity index (χ2v) is 12.3. The molecule has 11 atom stereocenters. The van der Waals surface area contributed by atoms with Gasteiger partial charge in [-0.1, -0.05) is 0 Å². The molecule has 1 aliphatic carbocycles. The van der Waals surface area contributed by atoms with Crippen molar-refractivity contribution in [2.45, 2.75) is 95.8 Å². The van der Waals surface area contributed by atoms with Gasteiger partial charge in [0.15, 0.2) is 24.6 Å². The van der Waals surface area contributed by atoms with Crippen LogP contribution in [0.3, 0.4) is 0 Å². The quantitative estimate of drug-likeness (QED) is 0.169. The number of fused-ring (bicyclic) bond motifs is 3. The Labute approximate surface area is 286 Å². The highest BCUT2D eigenvalue weighted by atomic mass is 16.8. The van der Waals surface area contributed by atoms with Crippen molar-refractivity contribution in [3.63, 3.8) is 0 Å². The van der Waals surface area contributed by atoms with E-state index in [1.165, 1.54) is 14.0 Å². The molecule has 0 N–H and O–H groups in total. The zero-order valence-electron chi connectivity index (χ0n) is 28.4. The van der Waals surface area contributed by atoms with Crippen molar-refractivity contribution in [1.29, 1.82) is 0 Å². The van der Waals surface area contributed by atoms with Crippen molar-refractivity contribution < 1.29 is 80.9 Å². The summed E-state index contributed by atoms with van der Waals surface area (Å²) in [5.74, 6) is -4.85. The van der Waals surface area contributed by atoms with E-state index in [0.717, 1.165) is 27.7 Å². The molecule has 3 saturated heterocycles. The van der Waals surface area contributed by atoms with Crippen molar-refractivity contribution in [1.82, 2.24) is 0 Å². The summed E-state index contributed by atoms with van der Waals surface area (Å²) in [7, 11) is 1.50. The molecular weight excluding hydrogens is 668 g/mol. The molecule has 4 aliphatic rings. The third-order valence-corrected chi connectivity index (χ3v) is 8.83. The first-order valence-corrected chi connectivity index (χ1v) is 16.0. The summed E-state index contributed by atoms with van der Waals surface area (Å²) in [6, 6.07) is 6.37. The summed E-state index contributed by atoms with van der Waals surface area (Å²) >= 11 is 0. The van der Waals surface area contributed by atoms with Crippen LogP contribution < -0.4 is 4.74 Å². The minimum Gasteiger partial charge on any atom is -0.497 e. The van der Waals surface area contributed by atoms with Gasteiger partial charge in [0.25, 0.3) is 0 Å². The monoisotopic (exact) mass is 708 g/mol. The molecule has 3 heterocycles. The van der Waals surface area contributed by atoms with Crippen LogP contribution in [0.4, 0.5) is 0 Å². The minimum atomic E-state index is -1.55. The first kappa shape index (κ1) is 36.9. The molecule has 274 valence electrons. The number of hydrogen-bond donors (Lipinski definition) is 0. The molecule has 0 amide bonds. The van der Waals surface area contributed by atoms with E-state index in [0.29, 0.717) is 12.2 Å². The maximum absolute atomic E-state index is 13.3. The van der Waals surface area contributed by atoms with E-state index in [-0.39, 0.29) is 18.8 Å². The van der Waals surface area contributed by atoms with Crippen molar-refractivity contribution in [3.8, 4) is 5.75 Å². The van der Waals surface area contributed by atoms with Gasteiger partial charge >= 0.3 is 35.8 Å². The van der Waals surface area contributed by atoms with Crippen LogP contribution >= 0.6 is 0 Å². The number of benzene rings is 1. The zero-order valence-corrected chi connectivity index (χ0v) is 28.4. The zero-order chi connectivity index (χ0) is 36.3. The molecule has 3 aliphatic heterocycles. The lowest BCUT2D eigenvalue weighted by atomic mass is 9.83. The molecule has 4 fully saturated rings. The lowest BCUT2D eigenvalue weighted by molar-refractivity contribution is -0.357. The molecule has 17 nitrogen and oxygen atoms in total. The normalized spacial score (nSPS) is 33.8. The van der Waals surface area contributed by atoms with Crippen LogP contribution in [-0.2, 0) is 71.3 Å². The molecule has 0 radical (unpaired) electrons. The first-order valence-electron chi connectivity index (χ1n) is 16.0. The van der Waals surface area contributed by atoms with E-state index in [9.17, 15) is 28.8 Å². The Morgan fingerprint density at radius 3 is 1.96 bits per heavy atom. The molecule has 50 heavy (non-hydrogen) atoms. The van der Waals surface area contributed by atoms with Crippen LogP contribution in [0, 0.1) is 11.8 Å². The Kier molecular flexibility index (Phi) is 11.3. The summed E-state index contributed by atoms with van der Waals surface area (Å²) in [5.41, 5.74) is -0.914. The topological polar surface area (TPSA) is 207 Å². The number of carbonyl (C=O) groups is 6. The van der Waals surface area contributed by atoms with Gasteiger partial charge in [0.2, 0.25) is 6.29 Å². The van der Waals surface area contributed by atoms with Crippen LogP contribution in [0.15, 0.2) is 24.3 Å². The highest BCUT2D eigenvalue weighted by molar-refractivity contribution is 5.89. The van der Waals surface area contributed by atoms with E-state index < -0.39 is 109 Å². The molecular formula is C33H40O17. The second kappa shape index (κ2) is 15.3. The average molecular weight is 709 g/mol. The van der Waals surface area contributed by atoms with E-state index in [1.807, 2.05) is 0 Å².